The second kappa shape index (κ2) is 8.32. The summed E-state index contributed by atoms with van der Waals surface area (Å²) in [4.78, 5) is 27.3. The van der Waals surface area contributed by atoms with Crippen molar-refractivity contribution in [3.05, 3.63) is 83.3 Å². The highest BCUT2D eigenvalue weighted by Gasteiger charge is 2.16. The first-order chi connectivity index (χ1) is 14.3. The molecule has 0 radical (unpaired) electrons. The molecule has 0 saturated carbocycles. The summed E-state index contributed by atoms with van der Waals surface area (Å²) < 4.78 is 7.75. The van der Waals surface area contributed by atoms with Crippen molar-refractivity contribution in [1.82, 2.24) is 4.98 Å². The average Bonchev–Trinajstić information content (AvgIpc) is 3.12. The summed E-state index contributed by atoms with van der Waals surface area (Å²) in [5.74, 6) is -0.0318. The van der Waals surface area contributed by atoms with Crippen LogP contribution in [0, 0.1) is 13.7 Å². The molecule has 0 bridgehead atoms. The van der Waals surface area contributed by atoms with Crippen molar-refractivity contribution in [2.45, 2.75) is 0 Å². The topological polar surface area (TPSA) is 98.3 Å². The first-order valence-corrected chi connectivity index (χ1v) is 10.7. The molecule has 1 aromatic heterocycles. The second-order valence-corrected chi connectivity index (χ2v) is 8.71. The molecular weight excluding hydrogens is 588 g/mol. The van der Waals surface area contributed by atoms with E-state index in [1.165, 1.54) is 12.1 Å². The number of carbonyl (C=O) groups excluding carboxylic acids is 1. The number of halogens is 3. The maximum atomic E-state index is 12.5. The van der Waals surface area contributed by atoms with E-state index in [0.717, 1.165) is 19.7 Å². The molecule has 0 fully saturated rings. The minimum Gasteiger partial charge on any atom is -0.436 e. The zero-order chi connectivity index (χ0) is 21.4. The summed E-state index contributed by atoms with van der Waals surface area (Å²) in [7, 11) is 0. The van der Waals surface area contributed by atoms with Gasteiger partial charge in [-0.1, -0.05) is 11.6 Å². The van der Waals surface area contributed by atoms with E-state index < -0.39 is 10.8 Å². The third-order valence-electron chi connectivity index (χ3n) is 4.21. The van der Waals surface area contributed by atoms with Crippen LogP contribution in [0.2, 0.25) is 5.02 Å². The maximum absolute atomic E-state index is 12.5. The van der Waals surface area contributed by atoms with Gasteiger partial charge in [0.05, 0.1) is 21.1 Å². The summed E-state index contributed by atoms with van der Waals surface area (Å²) in [6, 6.07) is 14.6. The third kappa shape index (κ3) is 4.18. The van der Waals surface area contributed by atoms with E-state index in [1.54, 1.807) is 18.2 Å². The Bertz CT molecular complexity index is 1320. The molecule has 4 aromatic rings. The highest BCUT2D eigenvalue weighted by Crippen LogP contribution is 2.32. The van der Waals surface area contributed by atoms with E-state index in [-0.39, 0.29) is 16.3 Å². The first-order valence-electron chi connectivity index (χ1n) is 8.43. The van der Waals surface area contributed by atoms with E-state index in [9.17, 15) is 14.9 Å². The van der Waals surface area contributed by atoms with Gasteiger partial charge in [-0.05, 0) is 81.0 Å². The van der Waals surface area contributed by atoms with Gasteiger partial charge < -0.3 is 9.73 Å². The van der Waals surface area contributed by atoms with Gasteiger partial charge in [0.25, 0.3) is 11.6 Å². The number of nitro benzene ring substituents is 1. The van der Waals surface area contributed by atoms with Crippen LogP contribution < -0.4 is 5.32 Å². The van der Waals surface area contributed by atoms with Crippen molar-refractivity contribution >= 4 is 78.5 Å². The highest BCUT2D eigenvalue weighted by atomic mass is 127. The largest absolute Gasteiger partial charge is 0.436 e. The van der Waals surface area contributed by atoms with Crippen LogP contribution in [-0.2, 0) is 0 Å². The standard InChI is InChI=1S/C20H10BrClIN3O4/c21-15-5-1-10(23)7-14(15)20-25-17-8-11(2-6-18(17)30-20)24-19(27)13-4-3-12(26(28)29)9-16(13)22/h1-9H,(H,24,27). The summed E-state index contributed by atoms with van der Waals surface area (Å²) in [5.41, 5.74) is 2.40. The number of oxazole rings is 1. The normalized spacial score (nSPS) is 10.9. The number of amides is 1. The molecule has 0 unspecified atom stereocenters. The van der Waals surface area contributed by atoms with Crippen LogP contribution in [0.15, 0.2) is 63.5 Å². The molecule has 7 nitrogen and oxygen atoms in total. The molecule has 0 atom stereocenters. The number of anilines is 1. The molecule has 0 aliphatic heterocycles. The molecule has 3 aromatic carbocycles. The van der Waals surface area contributed by atoms with Crippen molar-refractivity contribution in [1.29, 1.82) is 0 Å². The van der Waals surface area contributed by atoms with Gasteiger partial charge in [-0.3, -0.25) is 14.9 Å². The van der Waals surface area contributed by atoms with Gasteiger partial charge in [0.15, 0.2) is 5.58 Å². The first kappa shape index (κ1) is 20.8. The molecule has 0 spiro atoms. The van der Waals surface area contributed by atoms with Gasteiger partial charge in [-0.15, -0.1) is 0 Å². The summed E-state index contributed by atoms with van der Waals surface area (Å²) in [6.45, 7) is 0. The number of non-ortho nitro benzene ring substituents is 1. The fourth-order valence-electron chi connectivity index (χ4n) is 2.78. The number of hydrogen-bond donors (Lipinski definition) is 1. The van der Waals surface area contributed by atoms with E-state index in [0.29, 0.717) is 22.7 Å². The minimum absolute atomic E-state index is 0.00460. The number of benzene rings is 3. The maximum Gasteiger partial charge on any atom is 0.270 e. The summed E-state index contributed by atoms with van der Waals surface area (Å²) in [6.07, 6.45) is 0. The van der Waals surface area contributed by atoms with Crippen molar-refractivity contribution in [2.75, 3.05) is 5.32 Å². The Labute approximate surface area is 196 Å². The fourth-order valence-corrected chi connectivity index (χ4v) is 3.95. The number of carbonyl (C=O) groups is 1. The molecule has 0 aliphatic rings. The lowest BCUT2D eigenvalue weighted by molar-refractivity contribution is -0.384. The van der Waals surface area contributed by atoms with Crippen molar-refractivity contribution in [2.24, 2.45) is 0 Å². The van der Waals surface area contributed by atoms with Crippen LogP contribution in [0.3, 0.4) is 0 Å². The lowest BCUT2D eigenvalue weighted by Gasteiger charge is -2.06. The Morgan fingerprint density at radius 2 is 1.97 bits per heavy atom. The van der Waals surface area contributed by atoms with Gasteiger partial charge in [0.1, 0.15) is 5.52 Å². The predicted octanol–water partition coefficient (Wildman–Crippen LogP) is 6.68. The molecule has 1 N–H and O–H groups in total. The molecule has 150 valence electrons. The van der Waals surface area contributed by atoms with Crippen LogP contribution in [0.1, 0.15) is 10.4 Å². The third-order valence-corrected chi connectivity index (χ3v) is 5.89. The minimum atomic E-state index is -0.574. The summed E-state index contributed by atoms with van der Waals surface area (Å²) >= 11 is 11.7. The number of aromatic nitrogens is 1. The van der Waals surface area contributed by atoms with Crippen molar-refractivity contribution in [3.63, 3.8) is 0 Å². The summed E-state index contributed by atoms with van der Waals surface area (Å²) in [5, 5.41) is 13.5. The zero-order valence-corrected chi connectivity index (χ0v) is 19.4. The van der Waals surface area contributed by atoms with Crippen molar-refractivity contribution in [3.8, 4) is 11.5 Å². The monoisotopic (exact) mass is 597 g/mol. The number of nitrogens with zero attached hydrogens (tertiary/aromatic N) is 2. The number of rotatable bonds is 4. The predicted molar refractivity (Wildman–Crippen MR) is 126 cm³/mol. The number of fused-ring (bicyclic) bond motifs is 1. The Morgan fingerprint density at radius 1 is 1.17 bits per heavy atom. The molecule has 1 heterocycles. The molecule has 0 aliphatic carbocycles. The van der Waals surface area contributed by atoms with Crippen LogP contribution >= 0.6 is 50.1 Å². The van der Waals surface area contributed by atoms with Crippen LogP contribution in [0.5, 0.6) is 0 Å². The lowest BCUT2D eigenvalue weighted by atomic mass is 10.2. The average molecular weight is 599 g/mol. The fraction of sp³-hybridized carbons (Fsp3) is 0. The molecular formula is C20H10BrClIN3O4. The van der Waals surface area contributed by atoms with Gasteiger partial charge in [0, 0.05) is 25.9 Å². The van der Waals surface area contributed by atoms with Crippen molar-refractivity contribution < 1.29 is 14.1 Å². The highest BCUT2D eigenvalue weighted by molar-refractivity contribution is 14.1. The second-order valence-electron chi connectivity index (χ2n) is 6.20. The number of hydrogen-bond acceptors (Lipinski definition) is 5. The lowest BCUT2D eigenvalue weighted by Crippen LogP contribution is -2.12. The van der Waals surface area contributed by atoms with E-state index in [1.807, 2.05) is 18.2 Å². The van der Waals surface area contributed by atoms with E-state index in [2.05, 4.69) is 48.8 Å². The smallest absolute Gasteiger partial charge is 0.270 e. The molecule has 4 rings (SSSR count). The molecule has 30 heavy (non-hydrogen) atoms. The van der Waals surface area contributed by atoms with Crippen LogP contribution in [0.25, 0.3) is 22.6 Å². The van der Waals surface area contributed by atoms with Gasteiger partial charge in [0.2, 0.25) is 5.89 Å². The van der Waals surface area contributed by atoms with E-state index >= 15 is 0 Å². The number of nitro groups is 1. The van der Waals surface area contributed by atoms with E-state index in [4.69, 9.17) is 16.0 Å². The van der Waals surface area contributed by atoms with Gasteiger partial charge in [-0.25, -0.2) is 4.98 Å². The molecule has 0 saturated heterocycles. The van der Waals surface area contributed by atoms with Gasteiger partial charge in [-0.2, -0.15) is 0 Å². The van der Waals surface area contributed by atoms with Gasteiger partial charge >= 0.3 is 0 Å². The molecule has 1 amide bonds. The Hall–Kier alpha value is -2.50. The Balaban J connectivity index is 1.62. The quantitative estimate of drug-likeness (QED) is 0.161. The zero-order valence-electron chi connectivity index (χ0n) is 14.9. The number of nitrogens with one attached hydrogen (secondary N) is 1. The SMILES string of the molecule is O=C(Nc1ccc2oc(-c3cc(I)ccc3Br)nc2c1)c1ccc([N+](=O)[O-])cc1Cl. The Kier molecular flexibility index (Phi) is 5.76. The Morgan fingerprint density at radius 3 is 2.70 bits per heavy atom. The molecule has 10 heteroatoms. The van der Waals surface area contributed by atoms with Crippen LogP contribution in [0.4, 0.5) is 11.4 Å². The van der Waals surface area contributed by atoms with Crippen LogP contribution in [-0.4, -0.2) is 15.8 Å².